The number of nitrogens with zero attached hydrogens (tertiary/aromatic N) is 4. The molecule has 0 N–H and O–H groups in total. The maximum Gasteiger partial charge on any atom is 0.227 e. The van der Waals surface area contributed by atoms with Gasteiger partial charge in [-0.15, -0.1) is 0 Å². The van der Waals surface area contributed by atoms with E-state index in [0.29, 0.717) is 13.0 Å². The van der Waals surface area contributed by atoms with Crippen LogP contribution in [0.2, 0.25) is 0 Å². The summed E-state index contributed by atoms with van der Waals surface area (Å²) in [6.45, 7) is 3.32. The second-order valence-electron chi connectivity index (χ2n) is 7.32. The van der Waals surface area contributed by atoms with Gasteiger partial charge in [0.2, 0.25) is 5.91 Å². The Labute approximate surface area is 152 Å². The predicted molar refractivity (Wildman–Crippen MR) is 96.1 cm³/mol. The van der Waals surface area contributed by atoms with Gasteiger partial charge < -0.3 is 9.80 Å². The third-order valence-corrected chi connectivity index (χ3v) is 5.32. The summed E-state index contributed by atoms with van der Waals surface area (Å²) in [7, 11) is 2.11. The van der Waals surface area contributed by atoms with Gasteiger partial charge in [0.15, 0.2) is 0 Å². The minimum absolute atomic E-state index is 0.0821. The Hall–Kier alpha value is -2.34. The molecule has 1 unspecified atom stereocenters. The van der Waals surface area contributed by atoms with Gasteiger partial charge in [-0.1, -0.05) is 12.1 Å². The second-order valence-corrected chi connectivity index (χ2v) is 7.32. The number of aromatic nitrogens is 2. The first-order chi connectivity index (χ1) is 12.6. The maximum atomic E-state index is 13.0. The van der Waals surface area contributed by atoms with Gasteiger partial charge >= 0.3 is 0 Å². The van der Waals surface area contributed by atoms with Crippen LogP contribution in [-0.4, -0.2) is 52.4 Å². The van der Waals surface area contributed by atoms with Gasteiger partial charge in [0.05, 0.1) is 6.42 Å². The third-order valence-electron chi connectivity index (χ3n) is 5.32. The molecular weight excluding hydrogens is 331 g/mol. The van der Waals surface area contributed by atoms with E-state index < -0.39 is 0 Å². The summed E-state index contributed by atoms with van der Waals surface area (Å²) < 4.78 is 13.0. The van der Waals surface area contributed by atoms with Crippen LogP contribution in [0.25, 0.3) is 0 Å². The molecule has 0 aliphatic carbocycles. The topological polar surface area (TPSA) is 49.3 Å². The first-order valence-corrected chi connectivity index (χ1v) is 9.14. The fourth-order valence-corrected chi connectivity index (χ4v) is 3.76. The standard InChI is InChI=1S/C20H23FN4O/c1-24-8-7-18-16(12-24)11-22-20(23-18)15-6-9-25(13-15)19(26)10-14-2-4-17(21)5-3-14/h2-5,11,15H,6-10,12-13H2,1H3. The Kier molecular flexibility index (Phi) is 4.68. The van der Waals surface area contributed by atoms with E-state index in [4.69, 9.17) is 4.98 Å². The highest BCUT2D eigenvalue weighted by Gasteiger charge is 2.29. The van der Waals surface area contributed by atoms with Crippen molar-refractivity contribution >= 4 is 5.91 Å². The lowest BCUT2D eigenvalue weighted by molar-refractivity contribution is -0.129. The zero-order chi connectivity index (χ0) is 18.1. The summed E-state index contributed by atoms with van der Waals surface area (Å²) in [6, 6.07) is 6.14. The molecule has 0 saturated carbocycles. The molecular formula is C20H23FN4O. The Morgan fingerprint density at radius 2 is 2.08 bits per heavy atom. The van der Waals surface area contributed by atoms with Crippen LogP contribution in [-0.2, 0) is 24.2 Å². The molecule has 1 atom stereocenters. The van der Waals surface area contributed by atoms with Gasteiger partial charge in [-0.3, -0.25) is 4.79 Å². The number of likely N-dealkylation sites (N-methyl/N-ethyl adjacent to an activating group) is 1. The third kappa shape index (κ3) is 3.60. The number of amides is 1. The monoisotopic (exact) mass is 354 g/mol. The minimum atomic E-state index is -0.279. The van der Waals surface area contributed by atoms with Gasteiger partial charge in [0.25, 0.3) is 0 Å². The van der Waals surface area contributed by atoms with E-state index in [1.54, 1.807) is 12.1 Å². The van der Waals surface area contributed by atoms with E-state index in [1.807, 2.05) is 11.1 Å². The van der Waals surface area contributed by atoms with Gasteiger partial charge in [-0.2, -0.15) is 0 Å². The average molecular weight is 354 g/mol. The van der Waals surface area contributed by atoms with E-state index in [9.17, 15) is 9.18 Å². The number of hydrogen-bond donors (Lipinski definition) is 0. The van der Waals surface area contributed by atoms with E-state index >= 15 is 0 Å². The molecule has 2 aliphatic heterocycles. The van der Waals surface area contributed by atoms with E-state index in [0.717, 1.165) is 49.6 Å². The highest BCUT2D eigenvalue weighted by Crippen LogP contribution is 2.26. The van der Waals surface area contributed by atoms with Crippen molar-refractivity contribution in [1.29, 1.82) is 0 Å². The second kappa shape index (κ2) is 7.11. The van der Waals surface area contributed by atoms with Gasteiger partial charge in [0, 0.05) is 56.0 Å². The Balaban J connectivity index is 1.40. The van der Waals surface area contributed by atoms with Crippen molar-refractivity contribution in [3.8, 4) is 0 Å². The summed E-state index contributed by atoms with van der Waals surface area (Å²) in [6.07, 6.45) is 4.12. The zero-order valence-electron chi connectivity index (χ0n) is 15.0. The van der Waals surface area contributed by atoms with Crippen LogP contribution in [0.4, 0.5) is 4.39 Å². The molecule has 1 aromatic heterocycles. The van der Waals surface area contributed by atoms with Crippen LogP contribution in [0.5, 0.6) is 0 Å². The largest absolute Gasteiger partial charge is 0.342 e. The van der Waals surface area contributed by atoms with Gasteiger partial charge in [-0.25, -0.2) is 14.4 Å². The molecule has 1 fully saturated rings. The Bertz CT molecular complexity index is 808. The van der Waals surface area contributed by atoms with Crippen molar-refractivity contribution in [2.45, 2.75) is 31.7 Å². The zero-order valence-corrected chi connectivity index (χ0v) is 15.0. The van der Waals surface area contributed by atoms with Crippen LogP contribution in [0.3, 0.4) is 0 Å². The van der Waals surface area contributed by atoms with Gasteiger partial charge in [0.1, 0.15) is 11.6 Å². The molecule has 0 bridgehead atoms. The smallest absolute Gasteiger partial charge is 0.227 e. The Morgan fingerprint density at radius 1 is 1.27 bits per heavy atom. The SMILES string of the molecule is CN1CCc2nc(C3CCN(C(=O)Cc4ccc(F)cc4)C3)ncc2C1. The number of hydrogen-bond acceptors (Lipinski definition) is 4. The highest BCUT2D eigenvalue weighted by molar-refractivity contribution is 5.79. The molecule has 136 valence electrons. The fraction of sp³-hybridized carbons (Fsp3) is 0.450. The fourth-order valence-electron chi connectivity index (χ4n) is 3.76. The van der Waals surface area contributed by atoms with E-state index in [1.165, 1.54) is 17.7 Å². The van der Waals surface area contributed by atoms with Gasteiger partial charge in [-0.05, 0) is 31.2 Å². The van der Waals surface area contributed by atoms with Crippen molar-refractivity contribution in [1.82, 2.24) is 19.8 Å². The number of carbonyl (C=O) groups is 1. The predicted octanol–water partition coefficient (Wildman–Crippen LogP) is 2.16. The van der Waals surface area contributed by atoms with Crippen LogP contribution in [0, 0.1) is 5.82 Å². The molecule has 1 amide bonds. The average Bonchev–Trinajstić information content (AvgIpc) is 3.13. The number of halogens is 1. The summed E-state index contributed by atoms with van der Waals surface area (Å²) in [4.78, 5) is 26.1. The van der Waals surface area contributed by atoms with Crippen LogP contribution < -0.4 is 0 Å². The van der Waals surface area contributed by atoms with Crippen molar-refractivity contribution in [3.05, 3.63) is 58.9 Å². The summed E-state index contributed by atoms with van der Waals surface area (Å²) >= 11 is 0. The van der Waals surface area contributed by atoms with Crippen molar-refractivity contribution < 1.29 is 9.18 Å². The lowest BCUT2D eigenvalue weighted by atomic mass is 10.1. The van der Waals surface area contributed by atoms with Crippen LogP contribution >= 0.6 is 0 Å². The molecule has 0 radical (unpaired) electrons. The highest BCUT2D eigenvalue weighted by atomic mass is 19.1. The lowest BCUT2D eigenvalue weighted by Gasteiger charge is -2.24. The molecule has 2 aromatic rings. The van der Waals surface area contributed by atoms with Crippen molar-refractivity contribution in [3.63, 3.8) is 0 Å². The molecule has 1 aromatic carbocycles. The number of likely N-dealkylation sites (tertiary alicyclic amines) is 1. The summed E-state index contributed by atoms with van der Waals surface area (Å²) in [5, 5.41) is 0. The number of benzene rings is 1. The molecule has 1 saturated heterocycles. The van der Waals surface area contributed by atoms with Crippen LogP contribution in [0.1, 0.15) is 35.0 Å². The quantitative estimate of drug-likeness (QED) is 0.848. The van der Waals surface area contributed by atoms with E-state index in [-0.39, 0.29) is 17.6 Å². The molecule has 0 spiro atoms. The maximum absolute atomic E-state index is 13.0. The van der Waals surface area contributed by atoms with Crippen molar-refractivity contribution in [2.24, 2.45) is 0 Å². The van der Waals surface area contributed by atoms with Crippen LogP contribution in [0.15, 0.2) is 30.5 Å². The lowest BCUT2D eigenvalue weighted by Crippen LogP contribution is -2.30. The molecule has 5 nitrogen and oxygen atoms in total. The van der Waals surface area contributed by atoms with Crippen molar-refractivity contribution in [2.75, 3.05) is 26.7 Å². The molecule has 3 heterocycles. The first kappa shape index (κ1) is 17.1. The Morgan fingerprint density at radius 3 is 2.88 bits per heavy atom. The normalized spacial score (nSPS) is 20.2. The number of fused-ring (bicyclic) bond motifs is 1. The summed E-state index contributed by atoms with van der Waals surface area (Å²) in [5.74, 6) is 0.874. The first-order valence-electron chi connectivity index (χ1n) is 9.14. The molecule has 4 rings (SSSR count). The van der Waals surface area contributed by atoms with E-state index in [2.05, 4.69) is 16.9 Å². The minimum Gasteiger partial charge on any atom is -0.342 e. The summed E-state index contributed by atoms with van der Waals surface area (Å²) in [5.41, 5.74) is 3.21. The molecule has 2 aliphatic rings. The number of rotatable bonds is 3. The molecule has 26 heavy (non-hydrogen) atoms. The number of carbonyl (C=O) groups excluding carboxylic acids is 1. The molecule has 6 heteroatoms.